The normalized spacial score (nSPS) is 17.1. The number of amides is 2. The molecule has 0 saturated carbocycles. The minimum absolute atomic E-state index is 0.0579. The van der Waals surface area contributed by atoms with Crippen LogP contribution in [-0.4, -0.2) is 34.5 Å². The predicted octanol–water partition coefficient (Wildman–Crippen LogP) is 3.69. The van der Waals surface area contributed by atoms with Crippen LogP contribution >= 0.6 is 0 Å². The Morgan fingerprint density at radius 1 is 1.33 bits per heavy atom. The predicted molar refractivity (Wildman–Crippen MR) is 99.9 cm³/mol. The topological polar surface area (TPSA) is 102 Å². The third-order valence-electron chi connectivity index (χ3n) is 4.33. The molecule has 8 nitrogen and oxygen atoms in total. The first kappa shape index (κ1) is 20.4. The van der Waals surface area contributed by atoms with Crippen molar-refractivity contribution in [3.05, 3.63) is 51.2 Å². The van der Waals surface area contributed by atoms with E-state index >= 15 is 0 Å². The molecule has 1 N–H and O–H groups in total. The monoisotopic (exact) mass is 375 g/mol. The average molecular weight is 375 g/mol. The fraction of sp³-hybridized carbons (Fsp3) is 0.474. The quantitative estimate of drug-likeness (QED) is 0.445. The number of esters is 1. The Bertz CT molecular complexity index is 755. The number of hydrogen-bond donors (Lipinski definition) is 1. The van der Waals surface area contributed by atoms with E-state index in [2.05, 4.69) is 5.32 Å². The van der Waals surface area contributed by atoms with Gasteiger partial charge in [0.05, 0.1) is 22.6 Å². The summed E-state index contributed by atoms with van der Waals surface area (Å²) >= 11 is 0. The highest BCUT2D eigenvalue weighted by molar-refractivity contribution is 5.95. The standard InChI is InChI=1S/C19H25N3O5/c1-5-6-11-21-13(4)16(18(23)27-12(2)3)17(20-19(21)24)14-7-9-15(10-8-14)22(25)26/h7-10,12,17H,5-6,11H2,1-4H3,(H,20,24). The number of urea groups is 1. The zero-order chi connectivity index (χ0) is 20.1. The van der Waals surface area contributed by atoms with E-state index < -0.39 is 16.9 Å². The molecule has 1 aromatic rings. The maximum Gasteiger partial charge on any atom is 0.338 e. The lowest BCUT2D eigenvalue weighted by molar-refractivity contribution is -0.384. The molecule has 27 heavy (non-hydrogen) atoms. The van der Waals surface area contributed by atoms with E-state index in [1.807, 2.05) is 6.92 Å². The van der Waals surface area contributed by atoms with E-state index in [9.17, 15) is 19.7 Å². The van der Waals surface area contributed by atoms with Crippen molar-refractivity contribution in [2.75, 3.05) is 6.54 Å². The Kier molecular flexibility index (Phi) is 6.55. The summed E-state index contributed by atoms with van der Waals surface area (Å²) in [5, 5.41) is 13.7. The molecule has 0 saturated heterocycles. The fourth-order valence-corrected chi connectivity index (χ4v) is 2.95. The minimum atomic E-state index is -0.720. The van der Waals surface area contributed by atoms with Gasteiger partial charge in [0.25, 0.3) is 5.69 Å². The fourth-order valence-electron chi connectivity index (χ4n) is 2.95. The van der Waals surface area contributed by atoms with Gasteiger partial charge in [-0.15, -0.1) is 0 Å². The second kappa shape index (κ2) is 8.66. The maximum atomic E-state index is 12.7. The zero-order valence-electron chi connectivity index (χ0n) is 16.0. The van der Waals surface area contributed by atoms with Crippen LogP contribution in [0.2, 0.25) is 0 Å². The Balaban J connectivity index is 2.47. The van der Waals surface area contributed by atoms with Gasteiger partial charge in [-0.3, -0.25) is 15.0 Å². The number of hydrogen-bond acceptors (Lipinski definition) is 5. The van der Waals surface area contributed by atoms with Crippen molar-refractivity contribution in [3.63, 3.8) is 0 Å². The zero-order valence-corrected chi connectivity index (χ0v) is 16.0. The molecule has 2 rings (SSSR count). The van der Waals surface area contributed by atoms with Crippen LogP contribution in [0.4, 0.5) is 10.5 Å². The van der Waals surface area contributed by atoms with Gasteiger partial charge in [-0.2, -0.15) is 0 Å². The van der Waals surface area contributed by atoms with E-state index in [4.69, 9.17) is 4.74 Å². The van der Waals surface area contributed by atoms with E-state index in [1.54, 1.807) is 37.8 Å². The number of non-ortho nitro benzene ring substituents is 1. The summed E-state index contributed by atoms with van der Waals surface area (Å²) < 4.78 is 5.38. The molecule has 8 heteroatoms. The largest absolute Gasteiger partial charge is 0.459 e. The molecule has 0 fully saturated rings. The highest BCUT2D eigenvalue weighted by atomic mass is 16.6. The van der Waals surface area contributed by atoms with Crippen molar-refractivity contribution >= 4 is 17.7 Å². The van der Waals surface area contributed by atoms with Crippen LogP contribution in [0.25, 0.3) is 0 Å². The molecule has 1 atom stereocenters. The van der Waals surface area contributed by atoms with E-state index in [-0.39, 0.29) is 17.8 Å². The van der Waals surface area contributed by atoms with Crippen molar-refractivity contribution < 1.29 is 19.2 Å². The number of ether oxygens (including phenoxy) is 1. The minimum Gasteiger partial charge on any atom is -0.459 e. The maximum absolute atomic E-state index is 12.7. The van der Waals surface area contributed by atoms with Gasteiger partial charge < -0.3 is 10.1 Å². The molecule has 0 spiro atoms. The Morgan fingerprint density at radius 2 is 1.96 bits per heavy atom. The SMILES string of the molecule is CCCCN1C(=O)NC(c2ccc([N+](=O)[O-])cc2)C(C(=O)OC(C)C)=C1C. The smallest absolute Gasteiger partial charge is 0.338 e. The summed E-state index contributed by atoms with van der Waals surface area (Å²) in [6, 6.07) is 4.77. The lowest BCUT2D eigenvalue weighted by Crippen LogP contribution is -2.48. The number of allylic oxidation sites excluding steroid dienone is 1. The molecule has 0 aromatic heterocycles. The van der Waals surface area contributed by atoms with Crippen molar-refractivity contribution in [3.8, 4) is 0 Å². The second-order valence-electron chi connectivity index (χ2n) is 6.69. The molecule has 2 amide bonds. The van der Waals surface area contributed by atoms with E-state index in [1.165, 1.54) is 12.1 Å². The summed E-state index contributed by atoms with van der Waals surface area (Å²) in [5.74, 6) is -0.507. The summed E-state index contributed by atoms with van der Waals surface area (Å²) in [6.45, 7) is 7.76. The van der Waals surface area contributed by atoms with Crippen molar-refractivity contribution in [1.29, 1.82) is 0 Å². The number of nitro benzene ring substituents is 1. The van der Waals surface area contributed by atoms with Gasteiger partial charge in [-0.25, -0.2) is 9.59 Å². The molecule has 1 heterocycles. The molecular weight excluding hydrogens is 350 g/mol. The lowest BCUT2D eigenvalue weighted by atomic mass is 9.94. The molecule has 1 aliphatic rings. The van der Waals surface area contributed by atoms with Crippen LogP contribution in [0.5, 0.6) is 0 Å². The molecular formula is C19H25N3O5. The van der Waals surface area contributed by atoms with Gasteiger partial charge in [0.2, 0.25) is 0 Å². The number of rotatable bonds is 7. The molecule has 1 aromatic carbocycles. The first-order valence-corrected chi connectivity index (χ1v) is 9.00. The van der Waals surface area contributed by atoms with Crippen molar-refractivity contribution in [2.45, 2.75) is 52.7 Å². The molecule has 1 aliphatic heterocycles. The number of benzene rings is 1. The number of nitro groups is 1. The highest BCUT2D eigenvalue weighted by Crippen LogP contribution is 2.32. The van der Waals surface area contributed by atoms with Crippen molar-refractivity contribution in [2.24, 2.45) is 0 Å². The Morgan fingerprint density at radius 3 is 2.48 bits per heavy atom. The number of nitrogens with one attached hydrogen (secondary N) is 1. The van der Waals surface area contributed by atoms with Crippen LogP contribution in [0, 0.1) is 10.1 Å². The highest BCUT2D eigenvalue weighted by Gasteiger charge is 2.36. The van der Waals surface area contributed by atoms with Crippen LogP contribution in [-0.2, 0) is 9.53 Å². The summed E-state index contributed by atoms with van der Waals surface area (Å²) in [5.41, 5.74) is 1.41. The molecule has 0 aliphatic carbocycles. The van der Waals surface area contributed by atoms with Crippen LogP contribution in [0.1, 0.15) is 52.1 Å². The molecule has 0 bridgehead atoms. The Hall–Kier alpha value is -2.90. The number of unbranched alkanes of at least 4 members (excludes halogenated alkanes) is 1. The molecule has 0 radical (unpaired) electrons. The van der Waals surface area contributed by atoms with Gasteiger partial charge in [0.1, 0.15) is 0 Å². The Labute approximate surface area is 158 Å². The number of carbonyl (C=O) groups excluding carboxylic acids is 2. The van der Waals surface area contributed by atoms with Gasteiger partial charge in [-0.1, -0.05) is 13.3 Å². The van der Waals surface area contributed by atoms with Crippen LogP contribution in [0.3, 0.4) is 0 Å². The van der Waals surface area contributed by atoms with Crippen LogP contribution < -0.4 is 5.32 Å². The van der Waals surface area contributed by atoms with Gasteiger partial charge in [-0.05, 0) is 44.9 Å². The molecule has 1 unspecified atom stereocenters. The van der Waals surface area contributed by atoms with E-state index in [0.29, 0.717) is 23.4 Å². The third-order valence-corrected chi connectivity index (χ3v) is 4.33. The van der Waals surface area contributed by atoms with Gasteiger partial charge >= 0.3 is 12.0 Å². The first-order valence-electron chi connectivity index (χ1n) is 9.00. The lowest BCUT2D eigenvalue weighted by Gasteiger charge is -2.35. The number of carbonyl (C=O) groups is 2. The summed E-state index contributed by atoms with van der Waals surface area (Å²) in [7, 11) is 0. The van der Waals surface area contributed by atoms with E-state index in [0.717, 1.165) is 12.8 Å². The summed E-state index contributed by atoms with van der Waals surface area (Å²) in [4.78, 5) is 37.2. The molecule has 146 valence electrons. The van der Waals surface area contributed by atoms with Gasteiger partial charge in [0, 0.05) is 24.4 Å². The number of nitrogens with zero attached hydrogens (tertiary/aromatic N) is 2. The third kappa shape index (κ3) is 4.64. The summed E-state index contributed by atoms with van der Waals surface area (Å²) in [6.07, 6.45) is 1.41. The van der Waals surface area contributed by atoms with Crippen molar-refractivity contribution in [1.82, 2.24) is 10.2 Å². The average Bonchev–Trinajstić information content (AvgIpc) is 2.60. The van der Waals surface area contributed by atoms with Crippen LogP contribution in [0.15, 0.2) is 35.5 Å². The second-order valence-corrected chi connectivity index (χ2v) is 6.69. The van der Waals surface area contributed by atoms with Gasteiger partial charge in [0.15, 0.2) is 0 Å². The first-order chi connectivity index (χ1) is 12.8.